The second-order valence-corrected chi connectivity index (χ2v) is 5.93. The molecule has 2 amide bonds. The molecule has 1 aromatic heterocycles. The first-order valence-corrected chi connectivity index (χ1v) is 7.73. The molecule has 0 bridgehead atoms. The summed E-state index contributed by atoms with van der Waals surface area (Å²) in [6.45, 7) is 2.28. The molecule has 0 spiro atoms. The van der Waals surface area contributed by atoms with Crippen molar-refractivity contribution in [2.24, 2.45) is 0 Å². The Morgan fingerprint density at radius 2 is 1.71 bits per heavy atom. The van der Waals surface area contributed by atoms with Gasteiger partial charge in [-0.15, -0.1) is 11.8 Å². The van der Waals surface area contributed by atoms with Gasteiger partial charge in [-0.2, -0.15) is 0 Å². The molecule has 0 N–H and O–H groups in total. The number of carbonyl (C=O) groups excluding carboxylic acids is 2. The van der Waals surface area contributed by atoms with Crippen LogP contribution in [-0.2, 0) is 6.54 Å². The van der Waals surface area contributed by atoms with E-state index in [1.54, 1.807) is 42.2 Å². The van der Waals surface area contributed by atoms with E-state index in [1.807, 2.05) is 12.1 Å². The number of hydrogen-bond donors (Lipinski definition) is 0. The molecule has 3 rings (SSSR count). The van der Waals surface area contributed by atoms with Crippen molar-refractivity contribution in [1.82, 2.24) is 9.88 Å². The van der Waals surface area contributed by atoms with E-state index in [0.29, 0.717) is 11.1 Å². The third-order valence-corrected chi connectivity index (χ3v) is 4.31. The van der Waals surface area contributed by atoms with E-state index in [9.17, 15) is 9.59 Å². The Balaban J connectivity index is 1.91. The molecule has 4 nitrogen and oxygen atoms in total. The van der Waals surface area contributed by atoms with Gasteiger partial charge in [-0.05, 0) is 30.0 Å². The lowest BCUT2D eigenvalue weighted by Crippen LogP contribution is -2.29. The summed E-state index contributed by atoms with van der Waals surface area (Å²) in [5, 5.41) is 0. The van der Waals surface area contributed by atoms with Crippen molar-refractivity contribution in [3.8, 4) is 0 Å². The van der Waals surface area contributed by atoms with Crippen LogP contribution in [-0.4, -0.2) is 27.5 Å². The Bertz CT molecular complexity index is 680. The number of nitrogens with zero attached hydrogens (tertiary/aromatic N) is 2. The molecule has 0 saturated carbocycles. The van der Waals surface area contributed by atoms with Crippen molar-refractivity contribution >= 4 is 23.6 Å². The van der Waals surface area contributed by atoms with Crippen molar-refractivity contribution in [3.05, 3.63) is 59.4 Å². The fourth-order valence-electron chi connectivity index (χ4n) is 2.36. The highest BCUT2D eigenvalue weighted by atomic mass is 32.2. The third kappa shape index (κ3) is 2.45. The quantitative estimate of drug-likeness (QED) is 0.643. The van der Waals surface area contributed by atoms with Gasteiger partial charge in [0, 0.05) is 11.1 Å². The summed E-state index contributed by atoms with van der Waals surface area (Å²) in [5.74, 6) is 0.434. The van der Waals surface area contributed by atoms with Crippen molar-refractivity contribution in [2.45, 2.75) is 18.4 Å². The molecule has 5 heteroatoms. The predicted molar refractivity (Wildman–Crippen MR) is 81.3 cm³/mol. The van der Waals surface area contributed by atoms with Crippen LogP contribution in [0.15, 0.2) is 47.5 Å². The zero-order valence-electron chi connectivity index (χ0n) is 11.6. The second kappa shape index (κ2) is 5.69. The van der Waals surface area contributed by atoms with E-state index in [1.165, 1.54) is 4.90 Å². The first kappa shape index (κ1) is 13.8. The first-order chi connectivity index (χ1) is 10.2. The second-order valence-electron chi connectivity index (χ2n) is 4.62. The molecule has 0 fully saturated rings. The number of amides is 2. The molecular weight excluding hydrogens is 284 g/mol. The molecule has 21 heavy (non-hydrogen) atoms. The van der Waals surface area contributed by atoms with Gasteiger partial charge < -0.3 is 0 Å². The molecule has 106 valence electrons. The van der Waals surface area contributed by atoms with E-state index in [-0.39, 0.29) is 18.4 Å². The Hall–Kier alpha value is -2.14. The standard InChI is InChI=1S/C16H14N2O2S/c1-2-21-14-8-5-9-17-13(14)10-18-15(19)11-6-3-4-7-12(11)16(18)20/h3-9H,2,10H2,1H3. The molecule has 1 aromatic carbocycles. The van der Waals surface area contributed by atoms with Crippen LogP contribution < -0.4 is 0 Å². The zero-order chi connectivity index (χ0) is 14.8. The Morgan fingerprint density at radius 1 is 1.05 bits per heavy atom. The SMILES string of the molecule is CCSc1cccnc1CN1C(=O)c2ccccc2C1=O. The summed E-state index contributed by atoms with van der Waals surface area (Å²) >= 11 is 1.66. The largest absolute Gasteiger partial charge is 0.269 e. The van der Waals surface area contributed by atoms with Crippen LogP contribution in [0.3, 0.4) is 0 Å². The van der Waals surface area contributed by atoms with Crippen LogP contribution >= 0.6 is 11.8 Å². The molecule has 0 saturated heterocycles. The average molecular weight is 298 g/mol. The summed E-state index contributed by atoms with van der Waals surface area (Å²) < 4.78 is 0. The normalized spacial score (nSPS) is 13.7. The van der Waals surface area contributed by atoms with Crippen molar-refractivity contribution < 1.29 is 9.59 Å². The predicted octanol–water partition coefficient (Wildman–Crippen LogP) is 2.99. The zero-order valence-corrected chi connectivity index (χ0v) is 12.4. The van der Waals surface area contributed by atoms with E-state index < -0.39 is 0 Å². The highest BCUT2D eigenvalue weighted by Crippen LogP contribution is 2.27. The summed E-state index contributed by atoms with van der Waals surface area (Å²) in [6.07, 6.45) is 1.69. The minimum absolute atomic E-state index is 0.218. The van der Waals surface area contributed by atoms with E-state index in [4.69, 9.17) is 0 Å². The fraction of sp³-hybridized carbons (Fsp3) is 0.188. The minimum Gasteiger partial charge on any atom is -0.269 e. The van der Waals surface area contributed by atoms with Crippen LogP contribution in [0.1, 0.15) is 33.3 Å². The van der Waals surface area contributed by atoms with Crippen LogP contribution in [0.5, 0.6) is 0 Å². The Labute approximate surface area is 127 Å². The number of pyridine rings is 1. The van der Waals surface area contributed by atoms with E-state index in [0.717, 1.165) is 16.3 Å². The number of fused-ring (bicyclic) bond motifs is 1. The average Bonchev–Trinajstić information content (AvgIpc) is 2.75. The molecule has 0 radical (unpaired) electrons. The molecule has 2 aromatic rings. The lowest BCUT2D eigenvalue weighted by Gasteiger charge is -2.15. The monoisotopic (exact) mass is 298 g/mol. The van der Waals surface area contributed by atoms with Crippen LogP contribution in [0.25, 0.3) is 0 Å². The number of carbonyl (C=O) groups is 2. The maximum atomic E-state index is 12.4. The number of imide groups is 1. The van der Waals surface area contributed by atoms with Crippen molar-refractivity contribution in [3.63, 3.8) is 0 Å². The molecule has 1 aliphatic heterocycles. The first-order valence-electron chi connectivity index (χ1n) is 6.74. The number of aromatic nitrogens is 1. The van der Waals surface area contributed by atoms with Gasteiger partial charge in [-0.3, -0.25) is 19.5 Å². The van der Waals surface area contributed by atoms with E-state index in [2.05, 4.69) is 11.9 Å². The van der Waals surface area contributed by atoms with Gasteiger partial charge in [0.25, 0.3) is 11.8 Å². The summed E-state index contributed by atoms with van der Waals surface area (Å²) in [7, 11) is 0. The van der Waals surface area contributed by atoms with Crippen LogP contribution in [0.4, 0.5) is 0 Å². The van der Waals surface area contributed by atoms with Gasteiger partial charge in [0.1, 0.15) is 0 Å². The lowest BCUT2D eigenvalue weighted by atomic mass is 10.1. The van der Waals surface area contributed by atoms with Gasteiger partial charge in [-0.25, -0.2) is 0 Å². The van der Waals surface area contributed by atoms with E-state index >= 15 is 0 Å². The van der Waals surface area contributed by atoms with Crippen molar-refractivity contribution in [2.75, 3.05) is 5.75 Å². The summed E-state index contributed by atoms with van der Waals surface area (Å²) in [4.78, 5) is 31.3. The number of thioether (sulfide) groups is 1. The fourth-order valence-corrected chi connectivity index (χ4v) is 3.13. The summed E-state index contributed by atoms with van der Waals surface area (Å²) in [6, 6.07) is 10.8. The highest BCUT2D eigenvalue weighted by molar-refractivity contribution is 7.99. The van der Waals surface area contributed by atoms with Gasteiger partial charge in [0.15, 0.2) is 0 Å². The molecule has 2 heterocycles. The van der Waals surface area contributed by atoms with Crippen LogP contribution in [0.2, 0.25) is 0 Å². The van der Waals surface area contributed by atoms with Crippen molar-refractivity contribution in [1.29, 1.82) is 0 Å². The van der Waals surface area contributed by atoms with Gasteiger partial charge in [0.2, 0.25) is 0 Å². The molecule has 0 aliphatic carbocycles. The molecule has 0 unspecified atom stereocenters. The number of benzene rings is 1. The highest BCUT2D eigenvalue weighted by Gasteiger charge is 2.35. The molecule has 0 atom stereocenters. The number of rotatable bonds is 4. The Kier molecular flexibility index (Phi) is 3.75. The maximum Gasteiger partial charge on any atom is 0.261 e. The van der Waals surface area contributed by atoms with Gasteiger partial charge in [-0.1, -0.05) is 19.1 Å². The maximum absolute atomic E-state index is 12.4. The van der Waals surface area contributed by atoms with Gasteiger partial charge in [0.05, 0.1) is 23.4 Å². The summed E-state index contributed by atoms with van der Waals surface area (Å²) in [5.41, 5.74) is 1.71. The Morgan fingerprint density at radius 3 is 2.33 bits per heavy atom. The minimum atomic E-state index is -0.242. The smallest absolute Gasteiger partial charge is 0.261 e. The van der Waals surface area contributed by atoms with Crippen LogP contribution in [0, 0.1) is 0 Å². The molecular formula is C16H14N2O2S. The number of hydrogen-bond acceptors (Lipinski definition) is 4. The lowest BCUT2D eigenvalue weighted by molar-refractivity contribution is 0.0639. The van der Waals surface area contributed by atoms with Gasteiger partial charge >= 0.3 is 0 Å². The molecule has 1 aliphatic rings. The topological polar surface area (TPSA) is 50.3 Å². The third-order valence-electron chi connectivity index (χ3n) is 3.33.